The van der Waals surface area contributed by atoms with E-state index in [1.165, 1.54) is 12.8 Å². The lowest BCUT2D eigenvalue weighted by Gasteiger charge is -2.17. The SMILES string of the molecule is C#CC(CC)NC(C)C1CC1. The topological polar surface area (TPSA) is 12.0 Å². The molecule has 1 N–H and O–H groups in total. The first-order valence-corrected chi connectivity index (χ1v) is 4.50. The van der Waals surface area contributed by atoms with Gasteiger partial charge in [0, 0.05) is 6.04 Å². The molecule has 0 bridgehead atoms. The second-order valence-corrected chi connectivity index (χ2v) is 3.42. The number of rotatable bonds is 4. The minimum Gasteiger partial charge on any atom is -0.301 e. The molecule has 62 valence electrons. The van der Waals surface area contributed by atoms with E-state index in [1.54, 1.807) is 0 Å². The minimum absolute atomic E-state index is 0.283. The molecule has 0 aromatic rings. The molecule has 0 spiro atoms. The van der Waals surface area contributed by atoms with E-state index < -0.39 is 0 Å². The van der Waals surface area contributed by atoms with Crippen molar-refractivity contribution in [2.75, 3.05) is 0 Å². The molecule has 0 aromatic heterocycles. The number of hydrogen-bond donors (Lipinski definition) is 1. The lowest BCUT2D eigenvalue weighted by molar-refractivity contribution is 0.456. The van der Waals surface area contributed by atoms with Gasteiger partial charge in [0.1, 0.15) is 0 Å². The monoisotopic (exact) mass is 151 g/mol. The van der Waals surface area contributed by atoms with E-state index >= 15 is 0 Å². The summed E-state index contributed by atoms with van der Waals surface area (Å²) in [5, 5.41) is 3.44. The van der Waals surface area contributed by atoms with Crippen LogP contribution >= 0.6 is 0 Å². The van der Waals surface area contributed by atoms with E-state index in [2.05, 4.69) is 25.1 Å². The Morgan fingerprint density at radius 2 is 2.27 bits per heavy atom. The number of nitrogens with one attached hydrogen (secondary N) is 1. The van der Waals surface area contributed by atoms with E-state index in [-0.39, 0.29) is 6.04 Å². The smallest absolute Gasteiger partial charge is 0.0686 e. The van der Waals surface area contributed by atoms with Crippen LogP contribution in [-0.2, 0) is 0 Å². The highest BCUT2D eigenvalue weighted by Crippen LogP contribution is 2.32. The van der Waals surface area contributed by atoms with Crippen LogP contribution in [0.15, 0.2) is 0 Å². The quantitative estimate of drug-likeness (QED) is 0.604. The maximum Gasteiger partial charge on any atom is 0.0686 e. The molecule has 0 amide bonds. The summed E-state index contributed by atoms with van der Waals surface area (Å²) in [7, 11) is 0. The summed E-state index contributed by atoms with van der Waals surface area (Å²) in [6, 6.07) is 0.904. The second-order valence-electron chi connectivity index (χ2n) is 3.42. The fraction of sp³-hybridized carbons (Fsp3) is 0.800. The van der Waals surface area contributed by atoms with Crippen molar-refractivity contribution < 1.29 is 0 Å². The molecule has 2 atom stereocenters. The fourth-order valence-electron chi connectivity index (χ4n) is 1.33. The number of terminal acetylenes is 1. The first kappa shape index (κ1) is 8.62. The molecule has 1 aliphatic rings. The molecule has 0 heterocycles. The summed E-state index contributed by atoms with van der Waals surface area (Å²) in [6.45, 7) is 4.36. The zero-order valence-corrected chi connectivity index (χ0v) is 7.43. The maximum absolute atomic E-state index is 5.34. The molecule has 1 heteroatoms. The van der Waals surface area contributed by atoms with Gasteiger partial charge in [-0.2, -0.15) is 0 Å². The van der Waals surface area contributed by atoms with Crippen molar-refractivity contribution in [3.05, 3.63) is 0 Å². The average molecular weight is 151 g/mol. The van der Waals surface area contributed by atoms with E-state index in [0.717, 1.165) is 12.3 Å². The van der Waals surface area contributed by atoms with Crippen molar-refractivity contribution in [2.45, 2.75) is 45.2 Å². The minimum atomic E-state index is 0.283. The van der Waals surface area contributed by atoms with Crippen molar-refractivity contribution in [1.29, 1.82) is 0 Å². The normalized spacial score (nSPS) is 22.3. The van der Waals surface area contributed by atoms with Gasteiger partial charge in [-0.15, -0.1) is 6.42 Å². The van der Waals surface area contributed by atoms with E-state index in [0.29, 0.717) is 6.04 Å². The highest BCUT2D eigenvalue weighted by molar-refractivity contribution is 5.00. The van der Waals surface area contributed by atoms with Gasteiger partial charge in [0.15, 0.2) is 0 Å². The Hall–Kier alpha value is -0.480. The Morgan fingerprint density at radius 1 is 1.64 bits per heavy atom. The van der Waals surface area contributed by atoms with Gasteiger partial charge in [-0.25, -0.2) is 0 Å². The molecule has 11 heavy (non-hydrogen) atoms. The third kappa shape index (κ3) is 2.55. The van der Waals surface area contributed by atoms with Crippen molar-refractivity contribution in [3.63, 3.8) is 0 Å². The largest absolute Gasteiger partial charge is 0.301 e. The van der Waals surface area contributed by atoms with Crippen LogP contribution in [-0.4, -0.2) is 12.1 Å². The summed E-state index contributed by atoms with van der Waals surface area (Å²) in [6.07, 6.45) is 9.14. The zero-order chi connectivity index (χ0) is 8.27. The fourth-order valence-corrected chi connectivity index (χ4v) is 1.33. The summed E-state index contributed by atoms with van der Waals surface area (Å²) in [4.78, 5) is 0. The van der Waals surface area contributed by atoms with Crippen LogP contribution in [0, 0.1) is 18.3 Å². The van der Waals surface area contributed by atoms with Crippen molar-refractivity contribution >= 4 is 0 Å². The molecule has 0 radical (unpaired) electrons. The molecule has 0 aliphatic heterocycles. The summed E-state index contributed by atoms with van der Waals surface area (Å²) in [5.74, 6) is 3.65. The lowest BCUT2D eigenvalue weighted by Crippen LogP contribution is -2.36. The van der Waals surface area contributed by atoms with E-state index in [9.17, 15) is 0 Å². The van der Waals surface area contributed by atoms with Crippen LogP contribution in [0.2, 0.25) is 0 Å². The average Bonchev–Trinajstić information content (AvgIpc) is 2.81. The third-order valence-electron chi connectivity index (χ3n) is 2.40. The van der Waals surface area contributed by atoms with Gasteiger partial charge in [0.2, 0.25) is 0 Å². The Balaban J connectivity index is 2.22. The Morgan fingerprint density at radius 3 is 2.64 bits per heavy atom. The van der Waals surface area contributed by atoms with Gasteiger partial charge in [-0.3, -0.25) is 0 Å². The molecule has 2 unspecified atom stereocenters. The van der Waals surface area contributed by atoms with E-state index in [1.807, 2.05) is 0 Å². The Labute approximate surface area is 69.6 Å². The van der Waals surface area contributed by atoms with Gasteiger partial charge in [-0.1, -0.05) is 12.8 Å². The van der Waals surface area contributed by atoms with Crippen LogP contribution in [0.1, 0.15) is 33.1 Å². The molecular formula is C10H17N. The van der Waals surface area contributed by atoms with Gasteiger partial charge >= 0.3 is 0 Å². The van der Waals surface area contributed by atoms with Gasteiger partial charge < -0.3 is 5.32 Å². The highest BCUT2D eigenvalue weighted by atomic mass is 14.9. The molecule has 1 rings (SSSR count). The van der Waals surface area contributed by atoms with Crippen molar-refractivity contribution in [1.82, 2.24) is 5.32 Å². The maximum atomic E-state index is 5.34. The first-order valence-electron chi connectivity index (χ1n) is 4.50. The van der Waals surface area contributed by atoms with Crippen molar-refractivity contribution in [3.8, 4) is 12.3 Å². The third-order valence-corrected chi connectivity index (χ3v) is 2.40. The second kappa shape index (κ2) is 3.78. The molecule has 1 saturated carbocycles. The van der Waals surface area contributed by atoms with Gasteiger partial charge in [-0.05, 0) is 32.1 Å². The van der Waals surface area contributed by atoms with Crippen molar-refractivity contribution in [2.24, 2.45) is 5.92 Å². The van der Waals surface area contributed by atoms with E-state index in [4.69, 9.17) is 6.42 Å². The Kier molecular flexibility index (Phi) is 2.96. The molecule has 0 saturated heterocycles. The lowest BCUT2D eigenvalue weighted by atomic mass is 10.1. The van der Waals surface area contributed by atoms with Crippen LogP contribution in [0.5, 0.6) is 0 Å². The molecule has 1 aliphatic carbocycles. The highest BCUT2D eigenvalue weighted by Gasteiger charge is 2.28. The predicted molar refractivity (Wildman–Crippen MR) is 48.2 cm³/mol. The molecular weight excluding hydrogens is 134 g/mol. The summed E-state index contributed by atoms with van der Waals surface area (Å²) in [5.41, 5.74) is 0. The molecule has 0 aromatic carbocycles. The molecule has 1 fully saturated rings. The van der Waals surface area contributed by atoms with Crippen LogP contribution in [0.25, 0.3) is 0 Å². The van der Waals surface area contributed by atoms with Crippen LogP contribution < -0.4 is 5.32 Å². The summed E-state index contributed by atoms with van der Waals surface area (Å²) < 4.78 is 0. The van der Waals surface area contributed by atoms with Crippen LogP contribution in [0.4, 0.5) is 0 Å². The predicted octanol–water partition coefficient (Wildman–Crippen LogP) is 1.79. The number of hydrogen-bond acceptors (Lipinski definition) is 1. The van der Waals surface area contributed by atoms with Crippen LogP contribution in [0.3, 0.4) is 0 Å². The zero-order valence-electron chi connectivity index (χ0n) is 7.43. The van der Waals surface area contributed by atoms with Gasteiger partial charge in [0.05, 0.1) is 6.04 Å². The first-order chi connectivity index (χ1) is 5.27. The van der Waals surface area contributed by atoms with Gasteiger partial charge in [0.25, 0.3) is 0 Å². The standard InChI is InChI=1S/C10H17N/c1-4-10(5-2)11-8(3)9-6-7-9/h1,8-11H,5-7H2,2-3H3. The summed E-state index contributed by atoms with van der Waals surface area (Å²) >= 11 is 0. The Bertz CT molecular complexity index is 153. The molecule has 1 nitrogen and oxygen atoms in total.